The summed E-state index contributed by atoms with van der Waals surface area (Å²) in [5, 5.41) is 0. The van der Waals surface area contributed by atoms with E-state index in [9.17, 15) is 4.79 Å². The molecule has 2 rings (SSSR count). The van der Waals surface area contributed by atoms with Crippen molar-refractivity contribution in [2.45, 2.75) is 44.4 Å². The standard InChI is InChI=1S/C17H22O2/c1-4-9-17(10-7-15(18)8-11-17)14-5-6-16(19-3)13(2)12-14/h4-6,12H,1,7-11H2,2-3H3. The van der Waals surface area contributed by atoms with Crippen molar-refractivity contribution >= 4 is 5.78 Å². The second-order valence-electron chi connectivity index (χ2n) is 5.50. The van der Waals surface area contributed by atoms with E-state index in [4.69, 9.17) is 4.74 Å². The first-order chi connectivity index (χ1) is 9.11. The molecule has 1 aromatic rings. The minimum absolute atomic E-state index is 0.0900. The minimum Gasteiger partial charge on any atom is -0.496 e. The highest BCUT2D eigenvalue weighted by Gasteiger charge is 2.35. The summed E-state index contributed by atoms with van der Waals surface area (Å²) in [5.74, 6) is 1.31. The first kappa shape index (κ1) is 13.9. The molecular weight excluding hydrogens is 236 g/mol. The molecule has 1 aliphatic rings. The van der Waals surface area contributed by atoms with Crippen LogP contribution in [0.25, 0.3) is 0 Å². The molecule has 0 spiro atoms. The summed E-state index contributed by atoms with van der Waals surface area (Å²) < 4.78 is 5.32. The predicted molar refractivity (Wildman–Crippen MR) is 77.7 cm³/mol. The predicted octanol–water partition coefficient (Wildman–Crippen LogP) is 3.96. The summed E-state index contributed by atoms with van der Waals surface area (Å²) in [7, 11) is 1.70. The Morgan fingerprint density at radius 3 is 2.58 bits per heavy atom. The maximum atomic E-state index is 11.5. The van der Waals surface area contributed by atoms with Crippen molar-refractivity contribution in [2.24, 2.45) is 0 Å². The van der Waals surface area contributed by atoms with Crippen LogP contribution in [0.15, 0.2) is 30.9 Å². The van der Waals surface area contributed by atoms with Crippen LogP contribution in [0.2, 0.25) is 0 Å². The first-order valence-electron chi connectivity index (χ1n) is 6.89. The number of ketones is 1. The molecule has 0 saturated heterocycles. The van der Waals surface area contributed by atoms with Crippen molar-refractivity contribution in [3.63, 3.8) is 0 Å². The number of aryl methyl sites for hydroxylation is 1. The van der Waals surface area contributed by atoms with Gasteiger partial charge in [-0.05, 0) is 48.8 Å². The van der Waals surface area contributed by atoms with Gasteiger partial charge in [0.15, 0.2) is 0 Å². The fraction of sp³-hybridized carbons (Fsp3) is 0.471. The van der Waals surface area contributed by atoms with Gasteiger partial charge in [-0.2, -0.15) is 0 Å². The number of methoxy groups -OCH3 is 1. The van der Waals surface area contributed by atoms with Crippen LogP contribution in [0, 0.1) is 6.92 Å². The molecule has 2 heteroatoms. The van der Waals surface area contributed by atoms with Crippen LogP contribution in [-0.4, -0.2) is 12.9 Å². The molecule has 0 bridgehead atoms. The molecule has 1 fully saturated rings. The monoisotopic (exact) mass is 258 g/mol. The van der Waals surface area contributed by atoms with Gasteiger partial charge in [0.25, 0.3) is 0 Å². The van der Waals surface area contributed by atoms with Gasteiger partial charge < -0.3 is 4.74 Å². The number of benzene rings is 1. The molecule has 19 heavy (non-hydrogen) atoms. The summed E-state index contributed by atoms with van der Waals surface area (Å²) in [6, 6.07) is 6.38. The van der Waals surface area contributed by atoms with Crippen molar-refractivity contribution < 1.29 is 9.53 Å². The molecule has 1 saturated carbocycles. The molecule has 0 amide bonds. The number of carbonyl (C=O) groups is 1. The molecule has 1 aromatic carbocycles. The third kappa shape index (κ3) is 2.73. The van der Waals surface area contributed by atoms with Gasteiger partial charge >= 0.3 is 0 Å². The van der Waals surface area contributed by atoms with E-state index in [1.165, 1.54) is 5.56 Å². The van der Waals surface area contributed by atoms with Gasteiger partial charge in [0.2, 0.25) is 0 Å². The maximum absolute atomic E-state index is 11.5. The Labute approximate surface area is 115 Å². The lowest BCUT2D eigenvalue weighted by Gasteiger charge is -2.37. The molecule has 1 aliphatic carbocycles. The summed E-state index contributed by atoms with van der Waals surface area (Å²) in [6.45, 7) is 5.96. The first-order valence-corrected chi connectivity index (χ1v) is 6.89. The van der Waals surface area contributed by atoms with Gasteiger partial charge in [-0.1, -0.05) is 18.2 Å². The van der Waals surface area contributed by atoms with Crippen LogP contribution in [0.4, 0.5) is 0 Å². The molecule has 2 nitrogen and oxygen atoms in total. The fourth-order valence-corrected chi connectivity index (χ4v) is 3.10. The van der Waals surface area contributed by atoms with E-state index in [2.05, 4.69) is 25.6 Å². The quantitative estimate of drug-likeness (QED) is 0.764. The zero-order valence-electron chi connectivity index (χ0n) is 11.9. The molecule has 0 unspecified atom stereocenters. The topological polar surface area (TPSA) is 26.3 Å². The number of hydrogen-bond acceptors (Lipinski definition) is 2. The Bertz CT molecular complexity index is 478. The van der Waals surface area contributed by atoms with E-state index in [1.807, 2.05) is 12.1 Å². The number of carbonyl (C=O) groups excluding carboxylic acids is 1. The summed E-state index contributed by atoms with van der Waals surface area (Å²) in [4.78, 5) is 11.5. The van der Waals surface area contributed by atoms with Crippen LogP contribution < -0.4 is 4.74 Å². The smallest absolute Gasteiger partial charge is 0.132 e. The second-order valence-corrected chi connectivity index (χ2v) is 5.50. The molecule has 0 heterocycles. The van der Waals surface area contributed by atoms with Gasteiger partial charge in [0.1, 0.15) is 11.5 Å². The Morgan fingerprint density at radius 2 is 2.05 bits per heavy atom. The Kier molecular flexibility index (Phi) is 4.08. The summed E-state index contributed by atoms with van der Waals surface area (Å²) >= 11 is 0. The molecule has 0 radical (unpaired) electrons. The Balaban J connectivity index is 2.36. The van der Waals surface area contributed by atoms with Crippen molar-refractivity contribution in [3.05, 3.63) is 42.0 Å². The maximum Gasteiger partial charge on any atom is 0.132 e. The van der Waals surface area contributed by atoms with Crippen LogP contribution in [-0.2, 0) is 10.2 Å². The molecule has 0 aromatic heterocycles. The van der Waals surface area contributed by atoms with Crippen molar-refractivity contribution in [2.75, 3.05) is 7.11 Å². The minimum atomic E-state index is 0.0900. The van der Waals surface area contributed by atoms with E-state index >= 15 is 0 Å². The fourth-order valence-electron chi connectivity index (χ4n) is 3.10. The zero-order chi connectivity index (χ0) is 13.9. The van der Waals surface area contributed by atoms with E-state index < -0.39 is 0 Å². The number of allylic oxidation sites excluding steroid dienone is 1. The molecule has 0 N–H and O–H groups in total. The lowest BCUT2D eigenvalue weighted by atomic mass is 9.67. The lowest BCUT2D eigenvalue weighted by molar-refractivity contribution is -0.121. The number of Topliss-reactive ketones (excluding diaryl/α,β-unsaturated/α-hetero) is 1. The van der Waals surface area contributed by atoms with E-state index in [0.717, 1.165) is 30.6 Å². The SMILES string of the molecule is C=CCC1(c2ccc(OC)c(C)c2)CCC(=O)CC1. The number of rotatable bonds is 4. The van der Waals surface area contributed by atoms with Gasteiger partial charge in [-0.3, -0.25) is 4.79 Å². The van der Waals surface area contributed by atoms with Crippen LogP contribution in [0.1, 0.15) is 43.2 Å². The van der Waals surface area contributed by atoms with E-state index in [0.29, 0.717) is 18.6 Å². The Morgan fingerprint density at radius 1 is 1.37 bits per heavy atom. The van der Waals surface area contributed by atoms with Crippen LogP contribution in [0.5, 0.6) is 5.75 Å². The molecule has 102 valence electrons. The third-order valence-corrected chi connectivity index (χ3v) is 4.31. The van der Waals surface area contributed by atoms with Crippen molar-refractivity contribution in [3.8, 4) is 5.75 Å². The van der Waals surface area contributed by atoms with Gasteiger partial charge in [0.05, 0.1) is 7.11 Å². The van der Waals surface area contributed by atoms with Crippen molar-refractivity contribution in [1.29, 1.82) is 0 Å². The molecule has 0 aliphatic heterocycles. The Hall–Kier alpha value is -1.57. The summed E-state index contributed by atoms with van der Waals surface area (Å²) in [6.07, 6.45) is 6.17. The van der Waals surface area contributed by atoms with Crippen molar-refractivity contribution in [1.82, 2.24) is 0 Å². The highest BCUT2D eigenvalue weighted by atomic mass is 16.5. The summed E-state index contributed by atoms with van der Waals surface area (Å²) in [5.41, 5.74) is 2.56. The van der Waals surface area contributed by atoms with Crippen LogP contribution in [0.3, 0.4) is 0 Å². The number of hydrogen-bond donors (Lipinski definition) is 0. The van der Waals surface area contributed by atoms with Gasteiger partial charge in [-0.25, -0.2) is 0 Å². The largest absolute Gasteiger partial charge is 0.496 e. The van der Waals surface area contributed by atoms with Gasteiger partial charge in [-0.15, -0.1) is 6.58 Å². The van der Waals surface area contributed by atoms with Gasteiger partial charge in [0, 0.05) is 12.8 Å². The highest BCUT2D eigenvalue weighted by molar-refractivity contribution is 5.79. The van der Waals surface area contributed by atoms with E-state index in [1.54, 1.807) is 7.11 Å². The average molecular weight is 258 g/mol. The highest BCUT2D eigenvalue weighted by Crippen LogP contribution is 2.42. The molecule has 0 atom stereocenters. The second kappa shape index (κ2) is 5.60. The normalized spacial score (nSPS) is 18.1. The van der Waals surface area contributed by atoms with Crippen LogP contribution >= 0.6 is 0 Å². The van der Waals surface area contributed by atoms with E-state index in [-0.39, 0.29) is 5.41 Å². The molecular formula is C17H22O2. The average Bonchev–Trinajstić information content (AvgIpc) is 2.42. The third-order valence-electron chi connectivity index (χ3n) is 4.31. The zero-order valence-corrected chi connectivity index (χ0v) is 11.9. The number of ether oxygens (including phenoxy) is 1. The lowest BCUT2D eigenvalue weighted by Crippen LogP contribution is -2.31.